The summed E-state index contributed by atoms with van der Waals surface area (Å²) in [6.07, 6.45) is 0. The van der Waals surface area contributed by atoms with Crippen LogP contribution in [-0.4, -0.2) is 45.9 Å². The lowest BCUT2D eigenvalue weighted by molar-refractivity contribution is 0.330. The van der Waals surface area contributed by atoms with Crippen molar-refractivity contribution in [3.63, 3.8) is 0 Å². The Morgan fingerprint density at radius 2 is 1.12 bits per heavy atom. The van der Waals surface area contributed by atoms with E-state index in [-0.39, 0.29) is 0 Å². The monoisotopic (exact) mass is 309 g/mol. The van der Waals surface area contributed by atoms with E-state index >= 15 is 0 Å². The van der Waals surface area contributed by atoms with Gasteiger partial charge in [0.15, 0.2) is 0 Å². The van der Waals surface area contributed by atoms with Crippen LogP contribution < -0.4 is 0 Å². The molecule has 5 radical (unpaired) electrons. The van der Waals surface area contributed by atoms with Crippen LogP contribution in [0.15, 0.2) is 0 Å². The van der Waals surface area contributed by atoms with Crippen molar-refractivity contribution in [2.24, 2.45) is 0 Å². The molecule has 0 aromatic carbocycles. The van der Waals surface area contributed by atoms with Gasteiger partial charge in [0.2, 0.25) is 19.5 Å². The van der Waals surface area contributed by atoms with Crippen molar-refractivity contribution in [2.45, 2.75) is 45.8 Å². The molecular weight excluding hydrogens is 289 g/mol. The summed E-state index contributed by atoms with van der Waals surface area (Å²) in [5.74, 6) is 0. The molecule has 0 N–H and O–H groups in total. The molecule has 0 unspecified atom stereocenters. The molecule has 0 aliphatic carbocycles. The van der Waals surface area contributed by atoms with E-state index in [1.807, 2.05) is 19.6 Å². The molecule has 0 heterocycles. The summed E-state index contributed by atoms with van der Waals surface area (Å²) in [5, 5.41) is 0. The van der Waals surface area contributed by atoms with E-state index in [9.17, 15) is 0 Å². The van der Waals surface area contributed by atoms with Crippen LogP contribution in [0.3, 0.4) is 0 Å². The second kappa shape index (κ2) is 7.38. The molecule has 0 fully saturated rings. The Labute approximate surface area is 108 Å². The Kier molecular flexibility index (Phi) is 7.81. The third kappa shape index (κ3) is 8.08. The summed E-state index contributed by atoms with van der Waals surface area (Å²) in [7, 11) is -4.29. The van der Waals surface area contributed by atoms with Gasteiger partial charge < -0.3 is 16.5 Å². The summed E-state index contributed by atoms with van der Waals surface area (Å²) >= 11 is 0. The maximum atomic E-state index is 5.92. The Morgan fingerprint density at radius 3 is 1.38 bits per heavy atom. The Morgan fingerprint density at radius 1 is 0.812 bits per heavy atom. The average molecular weight is 310 g/mol. The largest absolute Gasteiger partial charge is 0.437 e. The fraction of sp³-hybridized carbons (Fsp3) is 1.00. The lowest BCUT2D eigenvalue weighted by Gasteiger charge is -2.30. The van der Waals surface area contributed by atoms with E-state index < -0.39 is 26.4 Å². The molecule has 0 aliphatic rings. The molecule has 0 aromatic rings. The molecule has 0 aliphatic heterocycles. The smallest absolute Gasteiger partial charge is 0.362 e. The predicted molar refractivity (Wildman–Crippen MR) is 74.2 cm³/mol. The maximum absolute atomic E-state index is 5.92. The predicted octanol–water partition coefficient (Wildman–Crippen LogP) is 1.91. The molecular formula is C7H21O4Si5. The van der Waals surface area contributed by atoms with Gasteiger partial charge in [-0.1, -0.05) is 0 Å². The number of hydrogen-bond acceptors (Lipinski definition) is 4. The second-order valence-corrected chi connectivity index (χ2v) is 14.8. The van der Waals surface area contributed by atoms with Gasteiger partial charge >= 0.3 is 26.4 Å². The molecule has 0 aromatic heterocycles. The lowest BCUT2D eigenvalue weighted by atomic mass is 11.9. The van der Waals surface area contributed by atoms with Crippen LogP contribution in [0.4, 0.5) is 0 Å². The highest BCUT2D eigenvalue weighted by Crippen LogP contribution is 2.13. The van der Waals surface area contributed by atoms with Crippen LogP contribution in [0, 0.1) is 0 Å². The second-order valence-electron chi connectivity index (χ2n) is 4.11. The minimum absolute atomic E-state index is 0.476. The lowest BCUT2D eigenvalue weighted by Crippen LogP contribution is -2.47. The molecule has 9 heteroatoms. The third-order valence-electron chi connectivity index (χ3n) is 1.47. The Balaban J connectivity index is 4.11. The highest BCUT2D eigenvalue weighted by Gasteiger charge is 2.33. The van der Waals surface area contributed by atoms with E-state index in [1.54, 1.807) is 0 Å². The molecule has 0 bridgehead atoms. The van der Waals surface area contributed by atoms with Crippen molar-refractivity contribution < 1.29 is 16.5 Å². The van der Waals surface area contributed by atoms with Gasteiger partial charge in [0.1, 0.15) is 0 Å². The summed E-state index contributed by atoms with van der Waals surface area (Å²) in [4.78, 5) is 0. The van der Waals surface area contributed by atoms with E-state index in [0.29, 0.717) is 19.5 Å². The summed E-state index contributed by atoms with van der Waals surface area (Å²) in [6.45, 7) is 14.3. The normalized spacial score (nSPS) is 13.5. The quantitative estimate of drug-likeness (QED) is 0.642. The first-order chi connectivity index (χ1) is 7.22. The van der Waals surface area contributed by atoms with Crippen molar-refractivity contribution >= 4 is 45.9 Å². The summed E-state index contributed by atoms with van der Waals surface area (Å²) in [5.41, 5.74) is 0. The van der Waals surface area contributed by atoms with Gasteiger partial charge in [-0.15, -0.1) is 0 Å². The first-order valence-electron chi connectivity index (χ1n) is 5.13. The van der Waals surface area contributed by atoms with Crippen LogP contribution in [0.1, 0.15) is 0 Å². The van der Waals surface area contributed by atoms with Gasteiger partial charge in [-0.2, -0.15) is 0 Å². The zero-order chi connectivity index (χ0) is 12.8. The van der Waals surface area contributed by atoms with Crippen LogP contribution in [-0.2, 0) is 16.5 Å². The van der Waals surface area contributed by atoms with Crippen LogP contribution in [0.25, 0.3) is 0 Å². The molecule has 0 amide bonds. The fourth-order valence-corrected chi connectivity index (χ4v) is 12.3. The molecule has 0 spiro atoms. The number of rotatable bonds is 8. The van der Waals surface area contributed by atoms with E-state index in [4.69, 9.17) is 16.5 Å². The van der Waals surface area contributed by atoms with Crippen molar-refractivity contribution in [1.82, 2.24) is 0 Å². The summed E-state index contributed by atoms with van der Waals surface area (Å²) in [6, 6.07) is 0. The van der Waals surface area contributed by atoms with Crippen LogP contribution >= 0.6 is 0 Å². The Hall–Kier alpha value is 0.924. The average Bonchev–Trinajstić information content (AvgIpc) is 1.99. The standard InChI is InChI=1S/C7H21O4Si5/c1-12-8-15(4,5)10-14(3)11-16(6,7)9-13-2/h1-7H3. The van der Waals surface area contributed by atoms with Crippen molar-refractivity contribution in [3.8, 4) is 0 Å². The molecule has 4 nitrogen and oxygen atoms in total. The minimum Gasteiger partial charge on any atom is -0.437 e. The topological polar surface area (TPSA) is 36.9 Å². The van der Waals surface area contributed by atoms with Crippen molar-refractivity contribution in [2.75, 3.05) is 0 Å². The van der Waals surface area contributed by atoms with Gasteiger partial charge in [0.05, 0.1) is 0 Å². The highest BCUT2D eigenvalue weighted by atomic mass is 28.5. The van der Waals surface area contributed by atoms with E-state index in [0.717, 1.165) is 0 Å². The van der Waals surface area contributed by atoms with E-state index in [1.165, 1.54) is 0 Å². The van der Waals surface area contributed by atoms with E-state index in [2.05, 4.69) is 26.2 Å². The molecule has 0 atom stereocenters. The third-order valence-corrected chi connectivity index (χ3v) is 13.3. The van der Waals surface area contributed by atoms with Gasteiger partial charge in [-0.05, 0) is 45.8 Å². The zero-order valence-electron chi connectivity index (χ0n) is 11.1. The highest BCUT2D eigenvalue weighted by molar-refractivity contribution is 6.79. The van der Waals surface area contributed by atoms with Crippen molar-refractivity contribution in [1.29, 1.82) is 0 Å². The SMILES string of the molecule is C[Si]O[Si](C)(C)O[Si](C)O[Si](C)(C)O[Si]C. The fourth-order valence-electron chi connectivity index (χ4n) is 1.25. The molecule has 0 saturated heterocycles. The molecule has 0 rings (SSSR count). The molecule has 93 valence electrons. The zero-order valence-corrected chi connectivity index (χ0v) is 16.1. The van der Waals surface area contributed by atoms with Gasteiger partial charge in [0, 0.05) is 0 Å². The van der Waals surface area contributed by atoms with Gasteiger partial charge in [-0.25, -0.2) is 0 Å². The van der Waals surface area contributed by atoms with Gasteiger partial charge in [0.25, 0.3) is 0 Å². The Bertz CT molecular complexity index is 181. The van der Waals surface area contributed by atoms with Gasteiger partial charge in [-0.3, -0.25) is 0 Å². The molecule has 0 saturated carbocycles. The number of hydrogen-bond donors (Lipinski definition) is 0. The summed E-state index contributed by atoms with van der Waals surface area (Å²) < 4.78 is 23.1. The first-order valence-corrected chi connectivity index (χ1v) is 15.4. The maximum Gasteiger partial charge on any atom is 0.362 e. The van der Waals surface area contributed by atoms with Crippen LogP contribution in [0.5, 0.6) is 0 Å². The first kappa shape index (κ1) is 16.9. The minimum atomic E-state index is -1.99. The molecule has 16 heavy (non-hydrogen) atoms. The van der Waals surface area contributed by atoms with Crippen LogP contribution in [0.2, 0.25) is 45.8 Å². The van der Waals surface area contributed by atoms with Crippen molar-refractivity contribution in [3.05, 3.63) is 0 Å².